The molecule has 104 valence electrons. The molecule has 0 saturated carbocycles. The van der Waals surface area contributed by atoms with Crippen molar-refractivity contribution in [3.63, 3.8) is 0 Å². The maximum Gasteiger partial charge on any atom is 0.216 e. The van der Waals surface area contributed by atoms with E-state index in [1.165, 1.54) is 0 Å². The van der Waals surface area contributed by atoms with Gasteiger partial charge in [-0.25, -0.2) is 0 Å². The molecule has 0 aliphatic heterocycles. The Morgan fingerprint density at radius 1 is 1.35 bits per heavy atom. The number of aromatic nitrogens is 3. The van der Waals surface area contributed by atoms with Crippen LogP contribution < -0.4 is 10.5 Å². The van der Waals surface area contributed by atoms with Crippen molar-refractivity contribution in [2.24, 2.45) is 5.73 Å². The number of hydrogen-bond donors (Lipinski definition) is 1. The molecule has 1 aromatic carbocycles. The van der Waals surface area contributed by atoms with Crippen LogP contribution in [-0.2, 0) is 6.42 Å². The normalized spacial score (nSPS) is 11.1. The first-order chi connectivity index (χ1) is 9.83. The molecule has 0 bridgehead atoms. The van der Waals surface area contributed by atoms with Gasteiger partial charge in [0.25, 0.3) is 0 Å². The van der Waals surface area contributed by atoms with Gasteiger partial charge in [0.05, 0.1) is 12.8 Å². The van der Waals surface area contributed by atoms with Gasteiger partial charge >= 0.3 is 0 Å². The topological polar surface area (TPSA) is 65.4 Å². The standard InChI is InChI=1S/C14H16N4OS/c1-19-11-5-2-4-10(8-11)12-9-20-14-17-16-13(18(12)14)6-3-7-15/h2,4-5,8-9H,3,6-7,15H2,1H3. The fraction of sp³-hybridized carbons (Fsp3) is 0.286. The van der Waals surface area contributed by atoms with E-state index in [4.69, 9.17) is 10.5 Å². The van der Waals surface area contributed by atoms with E-state index in [0.29, 0.717) is 6.54 Å². The van der Waals surface area contributed by atoms with E-state index in [1.807, 2.05) is 18.2 Å². The monoisotopic (exact) mass is 288 g/mol. The first kappa shape index (κ1) is 13.1. The number of ether oxygens (including phenoxy) is 1. The minimum atomic E-state index is 0.660. The summed E-state index contributed by atoms with van der Waals surface area (Å²) >= 11 is 1.59. The first-order valence-corrected chi connectivity index (χ1v) is 7.37. The molecule has 3 aromatic rings. The van der Waals surface area contributed by atoms with Crippen molar-refractivity contribution in [2.45, 2.75) is 12.8 Å². The summed E-state index contributed by atoms with van der Waals surface area (Å²) in [6.07, 6.45) is 1.75. The fourth-order valence-electron chi connectivity index (χ4n) is 2.18. The average Bonchev–Trinajstić information content (AvgIpc) is 3.07. The number of methoxy groups -OCH3 is 1. The molecular formula is C14H16N4OS. The van der Waals surface area contributed by atoms with Gasteiger partial charge in [-0.1, -0.05) is 12.1 Å². The zero-order chi connectivity index (χ0) is 13.9. The summed E-state index contributed by atoms with van der Waals surface area (Å²) in [5, 5.41) is 10.6. The smallest absolute Gasteiger partial charge is 0.216 e. The highest BCUT2D eigenvalue weighted by molar-refractivity contribution is 7.15. The van der Waals surface area contributed by atoms with Crippen molar-refractivity contribution < 1.29 is 4.74 Å². The molecule has 2 heterocycles. The molecule has 0 saturated heterocycles. The molecule has 2 N–H and O–H groups in total. The lowest BCUT2D eigenvalue weighted by Gasteiger charge is -2.05. The van der Waals surface area contributed by atoms with Crippen LogP contribution in [0.5, 0.6) is 5.75 Å². The molecule has 0 fully saturated rings. The fourth-order valence-corrected chi connectivity index (χ4v) is 3.04. The van der Waals surface area contributed by atoms with Crippen LogP contribution in [0, 0.1) is 0 Å². The van der Waals surface area contributed by atoms with Crippen molar-refractivity contribution >= 4 is 16.3 Å². The Hall–Kier alpha value is -1.92. The molecule has 0 radical (unpaired) electrons. The van der Waals surface area contributed by atoms with Gasteiger partial charge in [-0.3, -0.25) is 4.40 Å². The maximum atomic E-state index is 5.58. The molecule has 2 aromatic heterocycles. The number of thiazole rings is 1. The van der Waals surface area contributed by atoms with Gasteiger partial charge in [0.2, 0.25) is 4.96 Å². The van der Waals surface area contributed by atoms with Crippen molar-refractivity contribution in [3.8, 4) is 17.0 Å². The van der Waals surface area contributed by atoms with Gasteiger partial charge in [-0.15, -0.1) is 21.5 Å². The highest BCUT2D eigenvalue weighted by atomic mass is 32.1. The number of rotatable bonds is 5. The zero-order valence-corrected chi connectivity index (χ0v) is 12.1. The largest absolute Gasteiger partial charge is 0.497 e. The Balaban J connectivity index is 2.08. The Bertz CT molecular complexity index is 719. The van der Waals surface area contributed by atoms with Crippen LogP contribution in [0.1, 0.15) is 12.2 Å². The molecule has 0 aliphatic rings. The Kier molecular flexibility index (Phi) is 3.66. The van der Waals surface area contributed by atoms with Gasteiger partial charge in [0.1, 0.15) is 11.6 Å². The molecule has 0 atom stereocenters. The number of hydrogen-bond acceptors (Lipinski definition) is 5. The van der Waals surface area contributed by atoms with Crippen molar-refractivity contribution in [2.75, 3.05) is 13.7 Å². The van der Waals surface area contributed by atoms with Crippen LogP contribution in [0.2, 0.25) is 0 Å². The predicted octanol–water partition coefficient (Wildman–Crippen LogP) is 2.36. The molecule has 0 spiro atoms. The van der Waals surface area contributed by atoms with Gasteiger partial charge in [0.15, 0.2) is 0 Å². The number of benzene rings is 1. The van der Waals surface area contributed by atoms with Crippen molar-refractivity contribution in [3.05, 3.63) is 35.5 Å². The number of aryl methyl sites for hydroxylation is 1. The van der Waals surface area contributed by atoms with Crippen LogP contribution in [-0.4, -0.2) is 28.3 Å². The third kappa shape index (κ3) is 2.28. The predicted molar refractivity (Wildman–Crippen MR) is 80.2 cm³/mol. The number of nitrogens with zero attached hydrogens (tertiary/aromatic N) is 3. The van der Waals surface area contributed by atoms with Crippen molar-refractivity contribution in [1.29, 1.82) is 0 Å². The summed E-state index contributed by atoms with van der Waals surface area (Å²) in [6.45, 7) is 0.660. The summed E-state index contributed by atoms with van der Waals surface area (Å²) in [5.41, 5.74) is 7.78. The minimum Gasteiger partial charge on any atom is -0.497 e. The Morgan fingerprint density at radius 3 is 3.05 bits per heavy atom. The van der Waals surface area contributed by atoms with Crippen LogP contribution in [0.4, 0.5) is 0 Å². The van der Waals surface area contributed by atoms with E-state index in [2.05, 4.69) is 26.0 Å². The van der Waals surface area contributed by atoms with Crippen LogP contribution in [0.3, 0.4) is 0 Å². The van der Waals surface area contributed by atoms with E-state index in [-0.39, 0.29) is 0 Å². The van der Waals surface area contributed by atoms with E-state index < -0.39 is 0 Å². The summed E-state index contributed by atoms with van der Waals surface area (Å²) < 4.78 is 7.39. The molecule has 5 nitrogen and oxygen atoms in total. The van der Waals surface area contributed by atoms with E-state index in [1.54, 1.807) is 18.4 Å². The lowest BCUT2D eigenvalue weighted by Crippen LogP contribution is -2.03. The first-order valence-electron chi connectivity index (χ1n) is 6.49. The van der Waals surface area contributed by atoms with Crippen molar-refractivity contribution in [1.82, 2.24) is 14.6 Å². The second-order valence-corrected chi connectivity index (χ2v) is 5.32. The van der Waals surface area contributed by atoms with Gasteiger partial charge < -0.3 is 10.5 Å². The quantitative estimate of drug-likeness (QED) is 0.782. The lowest BCUT2D eigenvalue weighted by molar-refractivity contribution is 0.415. The Morgan fingerprint density at radius 2 is 2.25 bits per heavy atom. The van der Waals surface area contributed by atoms with E-state index in [9.17, 15) is 0 Å². The molecule has 0 unspecified atom stereocenters. The maximum absolute atomic E-state index is 5.58. The number of nitrogens with two attached hydrogens (primary N) is 1. The molecule has 3 rings (SSSR count). The third-order valence-electron chi connectivity index (χ3n) is 3.19. The SMILES string of the molecule is COc1cccc(-c2csc3nnc(CCCN)n23)c1. The van der Waals surface area contributed by atoms with Crippen LogP contribution in [0.15, 0.2) is 29.6 Å². The molecular weight excluding hydrogens is 272 g/mol. The van der Waals surface area contributed by atoms with E-state index in [0.717, 1.165) is 40.6 Å². The van der Waals surface area contributed by atoms with Crippen LogP contribution >= 0.6 is 11.3 Å². The van der Waals surface area contributed by atoms with E-state index >= 15 is 0 Å². The summed E-state index contributed by atoms with van der Waals surface area (Å²) in [4.78, 5) is 0.912. The van der Waals surface area contributed by atoms with Crippen LogP contribution in [0.25, 0.3) is 16.2 Å². The molecule has 0 amide bonds. The summed E-state index contributed by atoms with van der Waals surface area (Å²) in [5.74, 6) is 1.81. The highest BCUT2D eigenvalue weighted by Crippen LogP contribution is 2.29. The second kappa shape index (κ2) is 5.60. The number of fused-ring (bicyclic) bond motifs is 1. The summed E-state index contributed by atoms with van der Waals surface area (Å²) in [7, 11) is 1.67. The lowest BCUT2D eigenvalue weighted by atomic mass is 10.1. The molecule has 6 heteroatoms. The molecule has 20 heavy (non-hydrogen) atoms. The Labute approximate surface area is 121 Å². The van der Waals surface area contributed by atoms with Gasteiger partial charge in [-0.05, 0) is 25.1 Å². The minimum absolute atomic E-state index is 0.660. The zero-order valence-electron chi connectivity index (χ0n) is 11.2. The molecule has 0 aliphatic carbocycles. The highest BCUT2D eigenvalue weighted by Gasteiger charge is 2.13. The third-order valence-corrected chi connectivity index (χ3v) is 4.00. The van der Waals surface area contributed by atoms with Gasteiger partial charge in [-0.2, -0.15) is 0 Å². The average molecular weight is 288 g/mol. The summed E-state index contributed by atoms with van der Waals surface area (Å²) in [6, 6.07) is 8.01. The second-order valence-electron chi connectivity index (χ2n) is 4.48. The van der Waals surface area contributed by atoms with Gasteiger partial charge in [0, 0.05) is 17.4 Å².